The first-order valence-electron chi connectivity index (χ1n) is 10.1. The molecule has 3 fully saturated rings. The molecule has 2 bridgehead atoms. The van der Waals surface area contributed by atoms with Crippen molar-refractivity contribution in [2.24, 2.45) is 11.3 Å². The fourth-order valence-electron chi connectivity index (χ4n) is 3.96. The van der Waals surface area contributed by atoms with Gasteiger partial charge in [-0.05, 0) is 38.0 Å². The fourth-order valence-corrected chi connectivity index (χ4v) is 3.96. The molecule has 3 rings (SSSR count). The number of likely N-dealkylation sites (tertiary alicyclic amines) is 2. The SMILES string of the molecule is [2H]C1([2H])C(C(C)(C)C)C([2H])([2H])N1CN1CC2CCC(C1)N2C(C)C. The summed E-state index contributed by atoms with van der Waals surface area (Å²) in [5.41, 5.74) is -0.390. The maximum absolute atomic E-state index is 8.45. The molecule has 0 saturated carbocycles. The molecule has 0 aliphatic carbocycles. The lowest BCUT2D eigenvalue weighted by Crippen LogP contribution is -2.61. The molecule has 116 valence electrons. The van der Waals surface area contributed by atoms with Gasteiger partial charge in [-0.15, -0.1) is 0 Å². The van der Waals surface area contributed by atoms with E-state index in [2.05, 4.69) is 23.6 Å². The predicted molar refractivity (Wildman–Crippen MR) is 84.7 cm³/mol. The molecule has 3 heteroatoms. The molecular formula is C17H33N3. The molecule has 3 saturated heterocycles. The fraction of sp³-hybridized carbons (Fsp3) is 1.00. The molecule has 3 aliphatic rings. The highest BCUT2D eigenvalue weighted by Crippen LogP contribution is 2.35. The Bertz CT molecular complexity index is 459. The predicted octanol–water partition coefficient (Wildman–Crippen LogP) is 2.48. The molecule has 0 amide bonds. The lowest BCUT2D eigenvalue weighted by molar-refractivity contribution is -0.0420. The van der Waals surface area contributed by atoms with Crippen LogP contribution in [0.2, 0.25) is 0 Å². The summed E-state index contributed by atoms with van der Waals surface area (Å²) in [6, 6.07) is 1.64. The normalized spacial score (nSPS) is 41.9. The minimum Gasteiger partial charge on any atom is -0.292 e. The van der Waals surface area contributed by atoms with E-state index < -0.39 is 24.3 Å². The number of piperazine rings is 1. The zero-order valence-electron chi connectivity index (χ0n) is 17.7. The van der Waals surface area contributed by atoms with Crippen LogP contribution in [0.15, 0.2) is 0 Å². The van der Waals surface area contributed by atoms with Gasteiger partial charge in [-0.3, -0.25) is 14.7 Å². The van der Waals surface area contributed by atoms with Gasteiger partial charge in [0.2, 0.25) is 0 Å². The number of rotatable bonds is 3. The third-order valence-corrected chi connectivity index (χ3v) is 4.99. The standard InChI is InChI=1S/C17H33N3/c1-13(2)20-15-6-7-16(20)11-19(10-15)12-18-8-14(9-18)17(3,4)5/h13-16H,6-12H2,1-5H3/i8D2,9D2. The van der Waals surface area contributed by atoms with E-state index in [0.29, 0.717) is 24.8 Å². The second-order valence-electron chi connectivity index (χ2n) is 8.09. The van der Waals surface area contributed by atoms with Gasteiger partial charge in [-0.1, -0.05) is 20.8 Å². The van der Waals surface area contributed by atoms with Crippen molar-refractivity contribution < 1.29 is 5.48 Å². The van der Waals surface area contributed by atoms with E-state index in [-0.39, 0.29) is 0 Å². The van der Waals surface area contributed by atoms with Crippen LogP contribution in [0.1, 0.15) is 52.9 Å². The van der Waals surface area contributed by atoms with E-state index in [1.807, 2.05) is 20.8 Å². The molecule has 3 heterocycles. The van der Waals surface area contributed by atoms with Gasteiger partial charge in [-0.25, -0.2) is 0 Å². The Kier molecular flexibility index (Phi) is 2.78. The van der Waals surface area contributed by atoms with Crippen LogP contribution in [0, 0.1) is 11.3 Å². The van der Waals surface area contributed by atoms with Crippen molar-refractivity contribution in [1.29, 1.82) is 0 Å². The Morgan fingerprint density at radius 3 is 2.05 bits per heavy atom. The number of nitrogens with zero attached hydrogens (tertiary/aromatic N) is 3. The third-order valence-electron chi connectivity index (χ3n) is 4.99. The van der Waals surface area contributed by atoms with Gasteiger partial charge in [0, 0.05) is 49.7 Å². The molecule has 0 aromatic heterocycles. The molecule has 0 aromatic carbocycles. The smallest absolute Gasteiger partial charge is 0.0507 e. The van der Waals surface area contributed by atoms with Gasteiger partial charge < -0.3 is 0 Å². The van der Waals surface area contributed by atoms with Crippen molar-refractivity contribution >= 4 is 0 Å². The molecule has 0 radical (unpaired) electrons. The molecule has 3 nitrogen and oxygen atoms in total. The van der Waals surface area contributed by atoms with Gasteiger partial charge in [0.15, 0.2) is 0 Å². The van der Waals surface area contributed by atoms with Crippen molar-refractivity contribution in [2.45, 2.75) is 65.6 Å². The first kappa shape index (κ1) is 10.6. The van der Waals surface area contributed by atoms with Crippen LogP contribution < -0.4 is 0 Å². The lowest BCUT2D eigenvalue weighted by Gasteiger charge is -2.50. The van der Waals surface area contributed by atoms with Crippen molar-refractivity contribution in [3.8, 4) is 0 Å². The Hall–Kier alpha value is -0.120. The van der Waals surface area contributed by atoms with Crippen LogP contribution in [0.5, 0.6) is 0 Å². The van der Waals surface area contributed by atoms with E-state index in [0.717, 1.165) is 13.1 Å². The first-order valence-corrected chi connectivity index (χ1v) is 8.14. The van der Waals surface area contributed by atoms with Crippen LogP contribution in [0.4, 0.5) is 0 Å². The van der Waals surface area contributed by atoms with E-state index in [9.17, 15) is 0 Å². The molecule has 2 unspecified atom stereocenters. The van der Waals surface area contributed by atoms with Crippen molar-refractivity contribution in [1.82, 2.24) is 14.7 Å². The highest BCUT2D eigenvalue weighted by Gasteiger charge is 2.42. The zero-order valence-corrected chi connectivity index (χ0v) is 13.7. The molecule has 20 heavy (non-hydrogen) atoms. The van der Waals surface area contributed by atoms with E-state index in [1.54, 1.807) is 0 Å². The van der Waals surface area contributed by atoms with Gasteiger partial charge in [0.1, 0.15) is 0 Å². The molecular weight excluding hydrogens is 246 g/mol. The minimum absolute atomic E-state index is 0.390. The second kappa shape index (κ2) is 5.26. The quantitative estimate of drug-likeness (QED) is 0.788. The molecule has 0 aromatic rings. The maximum atomic E-state index is 8.45. The maximum Gasteiger partial charge on any atom is 0.0507 e. The van der Waals surface area contributed by atoms with E-state index in [1.165, 1.54) is 17.7 Å². The monoisotopic (exact) mass is 283 g/mol. The second-order valence-corrected chi connectivity index (χ2v) is 8.09. The van der Waals surface area contributed by atoms with Crippen LogP contribution >= 0.6 is 0 Å². The summed E-state index contributed by atoms with van der Waals surface area (Å²) in [5, 5.41) is 0. The average Bonchev–Trinajstić information content (AvgIpc) is 2.65. The van der Waals surface area contributed by atoms with Gasteiger partial charge in [-0.2, -0.15) is 0 Å². The average molecular weight is 283 g/mol. The summed E-state index contributed by atoms with van der Waals surface area (Å²) in [6.07, 6.45) is 2.42. The summed E-state index contributed by atoms with van der Waals surface area (Å²) < 4.78 is 33.8. The van der Waals surface area contributed by atoms with Crippen molar-refractivity contribution in [3.05, 3.63) is 0 Å². The molecule has 3 aliphatic heterocycles. The van der Waals surface area contributed by atoms with Crippen molar-refractivity contribution in [2.75, 3.05) is 32.8 Å². The highest BCUT2D eigenvalue weighted by atomic mass is 15.4. The topological polar surface area (TPSA) is 9.72 Å². The summed E-state index contributed by atoms with van der Waals surface area (Å²) in [7, 11) is 0. The third kappa shape index (κ3) is 2.77. The Morgan fingerprint density at radius 1 is 1.05 bits per heavy atom. The minimum atomic E-state index is -1.59. The molecule has 0 spiro atoms. The van der Waals surface area contributed by atoms with Crippen LogP contribution in [-0.4, -0.2) is 65.6 Å². The lowest BCUT2D eigenvalue weighted by atomic mass is 9.76. The first-order chi connectivity index (χ1) is 10.9. The van der Waals surface area contributed by atoms with Crippen LogP contribution in [0.25, 0.3) is 0 Å². The Morgan fingerprint density at radius 2 is 1.60 bits per heavy atom. The van der Waals surface area contributed by atoms with Gasteiger partial charge in [0.05, 0.1) is 6.67 Å². The molecule has 0 N–H and O–H groups in total. The highest BCUT2D eigenvalue weighted by molar-refractivity contribution is 4.98. The van der Waals surface area contributed by atoms with E-state index >= 15 is 0 Å². The summed E-state index contributed by atoms with van der Waals surface area (Å²) in [4.78, 5) is 6.32. The number of fused-ring (bicyclic) bond motifs is 2. The molecule has 2 atom stereocenters. The number of hydrogen-bond donors (Lipinski definition) is 0. The number of hydrogen-bond acceptors (Lipinski definition) is 3. The zero-order chi connectivity index (χ0) is 18.1. The largest absolute Gasteiger partial charge is 0.292 e. The van der Waals surface area contributed by atoms with Crippen molar-refractivity contribution in [3.63, 3.8) is 0 Å². The summed E-state index contributed by atoms with van der Waals surface area (Å²) >= 11 is 0. The van der Waals surface area contributed by atoms with Crippen LogP contribution in [-0.2, 0) is 0 Å². The van der Waals surface area contributed by atoms with Crippen LogP contribution in [0.3, 0.4) is 0 Å². The Balaban J connectivity index is 1.70. The van der Waals surface area contributed by atoms with E-state index in [4.69, 9.17) is 5.48 Å². The van der Waals surface area contributed by atoms with Gasteiger partial charge in [0.25, 0.3) is 0 Å². The van der Waals surface area contributed by atoms with Gasteiger partial charge >= 0.3 is 0 Å². The summed E-state index contributed by atoms with van der Waals surface area (Å²) in [6.45, 7) is 9.39. The Labute approximate surface area is 130 Å². The summed E-state index contributed by atoms with van der Waals surface area (Å²) in [5.74, 6) is -0.605.